The van der Waals surface area contributed by atoms with E-state index in [4.69, 9.17) is 9.84 Å². The van der Waals surface area contributed by atoms with Crippen LogP contribution < -0.4 is 0 Å². The number of hydrogen-bond acceptors (Lipinski definition) is 5. The molecule has 1 N–H and O–H groups in total. The molecule has 1 aliphatic heterocycles. The molecule has 0 aromatic rings. The fourth-order valence-corrected chi connectivity index (χ4v) is 3.60. The number of sulfonamides is 1. The first-order valence-electron chi connectivity index (χ1n) is 6.22. The van der Waals surface area contributed by atoms with Crippen LogP contribution in [0.2, 0.25) is 0 Å². The van der Waals surface area contributed by atoms with Gasteiger partial charge in [0.05, 0.1) is 6.61 Å². The van der Waals surface area contributed by atoms with Crippen molar-refractivity contribution in [1.29, 1.82) is 0 Å². The second-order valence-electron chi connectivity index (χ2n) is 4.40. The molecule has 0 saturated carbocycles. The molecule has 1 heterocycles. The number of carboxylic acids is 1. The van der Waals surface area contributed by atoms with Crippen LogP contribution >= 0.6 is 0 Å². The van der Waals surface area contributed by atoms with E-state index < -0.39 is 33.3 Å². The first-order chi connectivity index (χ1) is 8.82. The van der Waals surface area contributed by atoms with Gasteiger partial charge in [-0.1, -0.05) is 0 Å². The number of carbonyl (C=O) groups excluding carboxylic acids is 1. The fraction of sp³-hybridized carbons (Fsp3) is 0.818. The molecule has 0 radical (unpaired) electrons. The lowest BCUT2D eigenvalue weighted by molar-refractivity contribution is -0.148. The lowest BCUT2D eigenvalue weighted by atomic mass is 10.1. The van der Waals surface area contributed by atoms with Gasteiger partial charge >= 0.3 is 11.9 Å². The van der Waals surface area contributed by atoms with Gasteiger partial charge < -0.3 is 9.84 Å². The largest absolute Gasteiger partial charge is 0.480 e. The number of carbonyl (C=O) groups is 2. The van der Waals surface area contributed by atoms with Crippen LogP contribution in [0.1, 0.15) is 33.1 Å². The molecule has 0 amide bonds. The summed E-state index contributed by atoms with van der Waals surface area (Å²) in [5, 5.41) is 7.29. The van der Waals surface area contributed by atoms with E-state index in [1.165, 1.54) is 0 Å². The Hall–Kier alpha value is -1.15. The van der Waals surface area contributed by atoms with Gasteiger partial charge in [0.2, 0.25) is 10.0 Å². The van der Waals surface area contributed by atoms with Crippen LogP contribution in [0, 0.1) is 0 Å². The maximum atomic E-state index is 12.2. The second-order valence-corrected chi connectivity index (χ2v) is 6.61. The van der Waals surface area contributed by atoms with Gasteiger partial charge in [-0.05, 0) is 33.1 Å². The molecular weight excluding hydrogens is 274 g/mol. The first-order valence-corrected chi connectivity index (χ1v) is 7.72. The number of rotatable bonds is 5. The minimum absolute atomic E-state index is 0.156. The number of esters is 1. The Morgan fingerprint density at radius 3 is 2.58 bits per heavy atom. The van der Waals surface area contributed by atoms with Crippen LogP contribution in [-0.2, 0) is 24.3 Å². The summed E-state index contributed by atoms with van der Waals surface area (Å²) in [5.74, 6) is -2.03. The molecule has 0 spiro atoms. The van der Waals surface area contributed by atoms with Gasteiger partial charge in [-0.15, -0.1) is 0 Å². The predicted octanol–water partition coefficient (Wildman–Crippen LogP) is 0.207. The number of ether oxygens (including phenoxy) is 1. The maximum Gasteiger partial charge on any atom is 0.324 e. The van der Waals surface area contributed by atoms with Gasteiger partial charge in [0.1, 0.15) is 6.04 Å². The van der Waals surface area contributed by atoms with Crippen LogP contribution in [0.25, 0.3) is 0 Å². The minimum atomic E-state index is -4.04. The van der Waals surface area contributed by atoms with E-state index in [1.54, 1.807) is 6.92 Å². The molecule has 19 heavy (non-hydrogen) atoms. The highest BCUT2D eigenvalue weighted by molar-refractivity contribution is 7.90. The minimum Gasteiger partial charge on any atom is -0.480 e. The number of nitrogens with zero attached hydrogens (tertiary/aromatic N) is 1. The lowest BCUT2D eigenvalue weighted by Crippen LogP contribution is -2.52. The van der Waals surface area contributed by atoms with E-state index >= 15 is 0 Å². The van der Waals surface area contributed by atoms with Crippen LogP contribution in [0.3, 0.4) is 0 Å². The molecular formula is C11H19NO6S. The number of hydrogen-bond donors (Lipinski definition) is 1. The number of aliphatic carboxylic acids is 1. The monoisotopic (exact) mass is 293 g/mol. The van der Waals surface area contributed by atoms with E-state index in [0.717, 1.165) is 17.6 Å². The zero-order chi connectivity index (χ0) is 14.6. The van der Waals surface area contributed by atoms with Crippen molar-refractivity contribution in [2.75, 3.05) is 13.2 Å². The summed E-state index contributed by atoms with van der Waals surface area (Å²) in [7, 11) is -4.04. The molecule has 8 heteroatoms. The topological polar surface area (TPSA) is 101 Å². The molecule has 1 fully saturated rings. The standard InChI is InChI=1S/C11H19NO6S/c1-3-18-11(15)9-6-4-5-7-12(9)19(16,17)8(2)10(13)14/h8-9H,3-7H2,1-2H3,(H,13,14). The number of piperidine rings is 1. The van der Waals surface area contributed by atoms with Crippen molar-refractivity contribution >= 4 is 22.0 Å². The first kappa shape index (κ1) is 15.9. The second kappa shape index (κ2) is 6.33. The van der Waals surface area contributed by atoms with Crippen LogP contribution in [0.4, 0.5) is 0 Å². The smallest absolute Gasteiger partial charge is 0.324 e. The van der Waals surface area contributed by atoms with Crippen molar-refractivity contribution in [2.24, 2.45) is 0 Å². The fourth-order valence-electron chi connectivity index (χ4n) is 2.01. The average Bonchev–Trinajstić information content (AvgIpc) is 2.38. The molecule has 1 saturated heterocycles. The normalized spacial score (nSPS) is 22.7. The molecule has 1 aliphatic rings. The molecule has 0 aromatic heterocycles. The Balaban J connectivity index is 3.00. The summed E-state index contributed by atoms with van der Waals surface area (Å²) in [5.41, 5.74) is 0. The van der Waals surface area contributed by atoms with Gasteiger partial charge in [-0.2, -0.15) is 4.31 Å². The van der Waals surface area contributed by atoms with E-state index in [9.17, 15) is 18.0 Å². The summed E-state index contributed by atoms with van der Waals surface area (Å²) < 4.78 is 30.2. The highest BCUT2D eigenvalue weighted by Crippen LogP contribution is 2.24. The van der Waals surface area contributed by atoms with Gasteiger partial charge in [0, 0.05) is 6.54 Å². The third kappa shape index (κ3) is 3.44. The molecule has 7 nitrogen and oxygen atoms in total. The van der Waals surface area contributed by atoms with E-state index in [-0.39, 0.29) is 13.2 Å². The highest BCUT2D eigenvalue weighted by Gasteiger charge is 2.42. The summed E-state index contributed by atoms with van der Waals surface area (Å²) >= 11 is 0. The molecule has 2 atom stereocenters. The lowest BCUT2D eigenvalue weighted by Gasteiger charge is -2.33. The van der Waals surface area contributed by atoms with Crippen molar-refractivity contribution in [3.8, 4) is 0 Å². The van der Waals surface area contributed by atoms with Gasteiger partial charge in [-0.3, -0.25) is 9.59 Å². The Bertz CT molecular complexity index is 446. The Labute approximate surface area is 112 Å². The zero-order valence-corrected chi connectivity index (χ0v) is 11.9. The van der Waals surface area contributed by atoms with Crippen molar-refractivity contribution in [2.45, 2.75) is 44.4 Å². The van der Waals surface area contributed by atoms with Crippen molar-refractivity contribution < 1.29 is 27.9 Å². The van der Waals surface area contributed by atoms with Gasteiger partial charge in [0.15, 0.2) is 5.25 Å². The van der Waals surface area contributed by atoms with Crippen LogP contribution in [-0.4, -0.2) is 54.2 Å². The molecule has 1 rings (SSSR count). The van der Waals surface area contributed by atoms with Crippen molar-refractivity contribution in [3.05, 3.63) is 0 Å². The molecule has 2 unspecified atom stereocenters. The average molecular weight is 293 g/mol. The van der Waals surface area contributed by atoms with Gasteiger partial charge in [-0.25, -0.2) is 8.42 Å². The van der Waals surface area contributed by atoms with Gasteiger partial charge in [0.25, 0.3) is 0 Å². The molecule has 0 bridgehead atoms. The summed E-state index contributed by atoms with van der Waals surface area (Å²) in [4.78, 5) is 22.6. The molecule has 0 aliphatic carbocycles. The van der Waals surface area contributed by atoms with E-state index in [0.29, 0.717) is 12.8 Å². The summed E-state index contributed by atoms with van der Waals surface area (Å²) in [6.45, 7) is 3.06. The molecule has 110 valence electrons. The predicted molar refractivity (Wildman–Crippen MR) is 67.0 cm³/mol. The van der Waals surface area contributed by atoms with Crippen LogP contribution in [0.5, 0.6) is 0 Å². The summed E-state index contributed by atoms with van der Waals surface area (Å²) in [6.07, 6.45) is 1.70. The quantitative estimate of drug-likeness (QED) is 0.727. The molecule has 0 aromatic carbocycles. The maximum absolute atomic E-state index is 12.2. The van der Waals surface area contributed by atoms with Crippen LogP contribution in [0.15, 0.2) is 0 Å². The highest BCUT2D eigenvalue weighted by atomic mass is 32.2. The third-order valence-electron chi connectivity index (χ3n) is 3.13. The Kier molecular flexibility index (Phi) is 5.30. The Morgan fingerprint density at radius 1 is 1.42 bits per heavy atom. The SMILES string of the molecule is CCOC(=O)C1CCCCN1S(=O)(=O)C(C)C(=O)O. The zero-order valence-electron chi connectivity index (χ0n) is 11.0. The van der Waals surface area contributed by atoms with E-state index in [1.807, 2.05) is 0 Å². The number of carboxylic acid groups (broad SMARTS) is 1. The van der Waals surface area contributed by atoms with Crippen molar-refractivity contribution in [3.63, 3.8) is 0 Å². The third-order valence-corrected chi connectivity index (χ3v) is 5.32. The Morgan fingerprint density at radius 2 is 2.05 bits per heavy atom. The summed E-state index contributed by atoms with van der Waals surface area (Å²) in [6, 6.07) is -0.902. The van der Waals surface area contributed by atoms with E-state index in [2.05, 4.69) is 0 Å². The van der Waals surface area contributed by atoms with Crippen molar-refractivity contribution in [1.82, 2.24) is 4.31 Å².